The van der Waals surface area contributed by atoms with E-state index in [1.54, 1.807) is 31.4 Å². The van der Waals surface area contributed by atoms with Crippen LogP contribution in [-0.4, -0.2) is 32.1 Å². The summed E-state index contributed by atoms with van der Waals surface area (Å²) in [6.07, 6.45) is 1.35. The van der Waals surface area contributed by atoms with Crippen molar-refractivity contribution in [1.82, 2.24) is 5.32 Å². The normalized spacial score (nSPS) is 10.5. The SMILES string of the molecule is COCCN/C=C(/C#N)C(=O)Nc1ccc(NC(C)=O)cc1. The van der Waals surface area contributed by atoms with E-state index in [0.29, 0.717) is 24.5 Å². The second kappa shape index (κ2) is 9.15. The fourth-order valence-corrected chi connectivity index (χ4v) is 1.52. The number of benzene rings is 1. The Hall–Kier alpha value is -2.85. The molecule has 0 aliphatic carbocycles. The first-order valence-electron chi connectivity index (χ1n) is 6.58. The monoisotopic (exact) mass is 302 g/mol. The van der Waals surface area contributed by atoms with Gasteiger partial charge in [-0.05, 0) is 24.3 Å². The highest BCUT2D eigenvalue weighted by molar-refractivity contribution is 6.06. The molecule has 1 rings (SSSR count). The lowest BCUT2D eigenvalue weighted by atomic mass is 10.2. The Morgan fingerprint density at radius 1 is 1.23 bits per heavy atom. The van der Waals surface area contributed by atoms with Crippen LogP contribution in [-0.2, 0) is 14.3 Å². The summed E-state index contributed by atoms with van der Waals surface area (Å²) >= 11 is 0. The third kappa shape index (κ3) is 6.07. The highest BCUT2D eigenvalue weighted by Gasteiger charge is 2.09. The quantitative estimate of drug-likeness (QED) is 0.399. The maximum atomic E-state index is 11.9. The molecule has 0 aromatic heterocycles. The third-order valence-electron chi connectivity index (χ3n) is 2.53. The molecule has 7 nitrogen and oxygen atoms in total. The standard InChI is InChI=1S/C15H18N4O3/c1-11(20)18-13-3-5-14(6-4-13)19-15(21)12(9-16)10-17-7-8-22-2/h3-6,10,17H,7-8H2,1-2H3,(H,18,20)(H,19,21)/b12-10-. The average molecular weight is 302 g/mol. The van der Waals surface area contributed by atoms with E-state index in [1.165, 1.54) is 13.1 Å². The summed E-state index contributed by atoms with van der Waals surface area (Å²) < 4.78 is 4.85. The van der Waals surface area contributed by atoms with E-state index in [0.717, 1.165) is 0 Å². The van der Waals surface area contributed by atoms with Crippen LogP contribution in [0.4, 0.5) is 11.4 Å². The summed E-state index contributed by atoms with van der Waals surface area (Å²) in [4.78, 5) is 22.8. The molecule has 0 saturated heterocycles. The summed E-state index contributed by atoms with van der Waals surface area (Å²) in [6.45, 7) is 2.39. The Bertz CT molecular complexity index is 588. The van der Waals surface area contributed by atoms with E-state index in [-0.39, 0.29) is 11.5 Å². The van der Waals surface area contributed by atoms with Gasteiger partial charge in [-0.3, -0.25) is 9.59 Å². The predicted octanol–water partition coefficient (Wildman–Crippen LogP) is 1.23. The molecule has 2 amide bonds. The fourth-order valence-electron chi connectivity index (χ4n) is 1.52. The van der Waals surface area contributed by atoms with Crippen molar-refractivity contribution in [2.75, 3.05) is 30.9 Å². The minimum Gasteiger partial charge on any atom is -0.387 e. The molecule has 22 heavy (non-hydrogen) atoms. The second-order valence-electron chi connectivity index (χ2n) is 4.33. The van der Waals surface area contributed by atoms with Crippen LogP contribution >= 0.6 is 0 Å². The van der Waals surface area contributed by atoms with E-state index in [4.69, 9.17) is 10.00 Å². The maximum Gasteiger partial charge on any atom is 0.267 e. The zero-order valence-corrected chi connectivity index (χ0v) is 12.5. The van der Waals surface area contributed by atoms with Gasteiger partial charge in [-0.2, -0.15) is 5.26 Å². The lowest BCUT2D eigenvalue weighted by molar-refractivity contribution is -0.114. The maximum absolute atomic E-state index is 11.9. The molecule has 0 saturated carbocycles. The molecular formula is C15H18N4O3. The van der Waals surface area contributed by atoms with Gasteiger partial charge in [0, 0.05) is 38.2 Å². The van der Waals surface area contributed by atoms with Crippen molar-refractivity contribution >= 4 is 23.2 Å². The number of amides is 2. The van der Waals surface area contributed by atoms with E-state index < -0.39 is 5.91 Å². The van der Waals surface area contributed by atoms with E-state index in [1.807, 2.05) is 6.07 Å². The number of hydrogen-bond donors (Lipinski definition) is 3. The first-order valence-corrected chi connectivity index (χ1v) is 6.58. The van der Waals surface area contributed by atoms with Crippen LogP contribution in [0.1, 0.15) is 6.92 Å². The number of methoxy groups -OCH3 is 1. The van der Waals surface area contributed by atoms with Gasteiger partial charge in [0.05, 0.1) is 6.61 Å². The number of anilines is 2. The highest BCUT2D eigenvalue weighted by Crippen LogP contribution is 2.14. The van der Waals surface area contributed by atoms with Crippen molar-refractivity contribution in [1.29, 1.82) is 5.26 Å². The van der Waals surface area contributed by atoms with Gasteiger partial charge in [-0.15, -0.1) is 0 Å². The molecule has 1 aromatic rings. The molecule has 1 aromatic carbocycles. The van der Waals surface area contributed by atoms with Gasteiger partial charge in [0.2, 0.25) is 5.91 Å². The Labute approximate surface area is 129 Å². The van der Waals surface area contributed by atoms with Crippen molar-refractivity contribution in [3.63, 3.8) is 0 Å². The minimum atomic E-state index is -0.514. The topological polar surface area (TPSA) is 103 Å². The molecule has 0 aliphatic heterocycles. The van der Waals surface area contributed by atoms with Gasteiger partial charge in [-0.25, -0.2) is 0 Å². The molecule has 0 atom stereocenters. The molecule has 0 aliphatic rings. The first-order chi connectivity index (χ1) is 10.6. The summed E-state index contributed by atoms with van der Waals surface area (Å²) in [7, 11) is 1.56. The van der Waals surface area contributed by atoms with Crippen molar-refractivity contribution in [3.8, 4) is 6.07 Å². The van der Waals surface area contributed by atoms with Crippen LogP contribution in [0.5, 0.6) is 0 Å². The van der Waals surface area contributed by atoms with Gasteiger partial charge < -0.3 is 20.7 Å². The largest absolute Gasteiger partial charge is 0.387 e. The molecule has 0 radical (unpaired) electrons. The molecule has 0 bridgehead atoms. The van der Waals surface area contributed by atoms with Crippen LogP contribution in [0.15, 0.2) is 36.0 Å². The van der Waals surface area contributed by atoms with Crippen LogP contribution in [0, 0.1) is 11.3 Å². The van der Waals surface area contributed by atoms with Crippen molar-refractivity contribution in [2.24, 2.45) is 0 Å². The number of carbonyl (C=O) groups excluding carboxylic acids is 2. The Morgan fingerprint density at radius 3 is 2.32 bits per heavy atom. The fraction of sp³-hybridized carbons (Fsp3) is 0.267. The summed E-state index contributed by atoms with van der Waals surface area (Å²) in [5.74, 6) is -0.687. The minimum absolute atomic E-state index is 0.0398. The lowest BCUT2D eigenvalue weighted by Gasteiger charge is -2.07. The summed E-state index contributed by atoms with van der Waals surface area (Å²) in [5.41, 5.74) is 1.11. The Morgan fingerprint density at radius 2 is 1.82 bits per heavy atom. The number of nitriles is 1. The third-order valence-corrected chi connectivity index (χ3v) is 2.53. The van der Waals surface area contributed by atoms with Crippen LogP contribution in [0.2, 0.25) is 0 Å². The molecule has 3 N–H and O–H groups in total. The Kier molecular flexibility index (Phi) is 7.16. The van der Waals surface area contributed by atoms with Gasteiger partial charge in [-0.1, -0.05) is 0 Å². The average Bonchev–Trinajstić information content (AvgIpc) is 2.49. The van der Waals surface area contributed by atoms with Gasteiger partial charge in [0.1, 0.15) is 11.6 Å². The van der Waals surface area contributed by atoms with Gasteiger partial charge in [0.25, 0.3) is 5.91 Å². The zero-order chi connectivity index (χ0) is 16.4. The number of carbonyl (C=O) groups is 2. The van der Waals surface area contributed by atoms with E-state index in [9.17, 15) is 9.59 Å². The lowest BCUT2D eigenvalue weighted by Crippen LogP contribution is -2.18. The molecule has 116 valence electrons. The van der Waals surface area contributed by atoms with Crippen molar-refractivity contribution < 1.29 is 14.3 Å². The van der Waals surface area contributed by atoms with E-state index >= 15 is 0 Å². The zero-order valence-electron chi connectivity index (χ0n) is 12.5. The van der Waals surface area contributed by atoms with E-state index in [2.05, 4.69) is 16.0 Å². The number of nitrogens with one attached hydrogen (secondary N) is 3. The molecule has 0 spiro atoms. The summed E-state index contributed by atoms with van der Waals surface area (Å²) in [5, 5.41) is 17.0. The first kappa shape index (κ1) is 17.2. The number of nitrogens with zero attached hydrogens (tertiary/aromatic N) is 1. The number of hydrogen-bond acceptors (Lipinski definition) is 5. The molecule has 7 heteroatoms. The number of rotatable bonds is 7. The smallest absolute Gasteiger partial charge is 0.267 e. The second-order valence-corrected chi connectivity index (χ2v) is 4.33. The van der Waals surface area contributed by atoms with Crippen molar-refractivity contribution in [3.05, 3.63) is 36.0 Å². The van der Waals surface area contributed by atoms with Crippen LogP contribution in [0.3, 0.4) is 0 Å². The summed E-state index contributed by atoms with van der Waals surface area (Å²) in [6, 6.07) is 8.41. The molecule has 0 fully saturated rings. The van der Waals surface area contributed by atoms with Crippen LogP contribution in [0.25, 0.3) is 0 Å². The van der Waals surface area contributed by atoms with Gasteiger partial charge in [0.15, 0.2) is 0 Å². The number of ether oxygens (including phenoxy) is 1. The molecule has 0 heterocycles. The Balaban J connectivity index is 2.62. The molecular weight excluding hydrogens is 284 g/mol. The predicted molar refractivity (Wildman–Crippen MR) is 83.0 cm³/mol. The van der Waals surface area contributed by atoms with Crippen LogP contribution < -0.4 is 16.0 Å². The van der Waals surface area contributed by atoms with Gasteiger partial charge >= 0.3 is 0 Å². The molecule has 0 unspecified atom stereocenters. The van der Waals surface area contributed by atoms with Crippen molar-refractivity contribution in [2.45, 2.75) is 6.92 Å². The highest BCUT2D eigenvalue weighted by atomic mass is 16.5.